The van der Waals surface area contributed by atoms with E-state index in [4.69, 9.17) is 9.15 Å². The first kappa shape index (κ1) is 17.8. The van der Waals surface area contributed by atoms with E-state index in [2.05, 4.69) is 17.4 Å². The van der Waals surface area contributed by atoms with Gasteiger partial charge in [-0.3, -0.25) is 4.79 Å². The Bertz CT molecular complexity index is 691. The van der Waals surface area contributed by atoms with Crippen molar-refractivity contribution in [1.82, 2.24) is 5.32 Å². The zero-order valence-electron chi connectivity index (χ0n) is 14.3. The molecule has 0 bridgehead atoms. The van der Waals surface area contributed by atoms with Crippen molar-refractivity contribution in [1.29, 1.82) is 0 Å². The molecule has 1 atom stereocenters. The van der Waals surface area contributed by atoms with Crippen molar-refractivity contribution in [2.24, 2.45) is 0 Å². The summed E-state index contributed by atoms with van der Waals surface area (Å²) in [6.07, 6.45) is 1.71. The van der Waals surface area contributed by atoms with Gasteiger partial charge in [0.15, 0.2) is 6.61 Å². The van der Waals surface area contributed by atoms with Crippen LogP contribution in [0.5, 0.6) is 0 Å². The van der Waals surface area contributed by atoms with E-state index in [0.29, 0.717) is 17.1 Å². The number of aryl methyl sites for hydroxylation is 3. The van der Waals surface area contributed by atoms with E-state index in [0.717, 1.165) is 12.8 Å². The first-order chi connectivity index (χ1) is 11.5. The molecule has 0 aliphatic carbocycles. The largest absolute Gasteiger partial charge is 0.466 e. The molecule has 128 valence electrons. The minimum atomic E-state index is -0.545. The molecule has 2 rings (SSSR count). The fourth-order valence-electron chi connectivity index (χ4n) is 2.46. The van der Waals surface area contributed by atoms with E-state index in [9.17, 15) is 9.59 Å². The molecule has 1 N–H and O–H groups in total. The average Bonchev–Trinajstić information content (AvgIpc) is 2.90. The first-order valence-electron chi connectivity index (χ1n) is 8.03. The summed E-state index contributed by atoms with van der Waals surface area (Å²) in [6.45, 7) is 5.09. The van der Waals surface area contributed by atoms with Crippen LogP contribution in [0.2, 0.25) is 0 Å². The van der Waals surface area contributed by atoms with E-state index >= 15 is 0 Å². The molecule has 0 fully saturated rings. The van der Waals surface area contributed by atoms with Crippen LogP contribution >= 0.6 is 0 Å². The lowest BCUT2D eigenvalue weighted by Gasteiger charge is -2.14. The van der Waals surface area contributed by atoms with E-state index in [1.807, 2.05) is 25.1 Å². The third-order valence-electron chi connectivity index (χ3n) is 3.71. The summed E-state index contributed by atoms with van der Waals surface area (Å²) in [7, 11) is 0. The summed E-state index contributed by atoms with van der Waals surface area (Å²) >= 11 is 0. The highest BCUT2D eigenvalue weighted by Crippen LogP contribution is 2.14. The summed E-state index contributed by atoms with van der Waals surface area (Å²) in [5.41, 5.74) is 1.59. The molecule has 0 radical (unpaired) electrons. The van der Waals surface area contributed by atoms with Gasteiger partial charge in [0, 0.05) is 6.04 Å². The van der Waals surface area contributed by atoms with Crippen molar-refractivity contribution in [3.05, 3.63) is 59.0 Å². The molecule has 0 saturated heterocycles. The molecule has 24 heavy (non-hydrogen) atoms. The number of nitrogens with one attached hydrogen (secondary N) is 1. The molecule has 2 aromatic rings. The molecular weight excluding hydrogens is 306 g/mol. The Balaban J connectivity index is 1.72. The molecule has 0 aliphatic heterocycles. The Kier molecular flexibility index (Phi) is 6.18. The van der Waals surface area contributed by atoms with Crippen LogP contribution in [0.1, 0.15) is 40.8 Å². The molecule has 0 aliphatic rings. The molecule has 1 heterocycles. The number of benzene rings is 1. The van der Waals surface area contributed by atoms with Gasteiger partial charge < -0.3 is 14.5 Å². The van der Waals surface area contributed by atoms with Crippen molar-refractivity contribution in [2.45, 2.75) is 39.7 Å². The number of ether oxygens (including phenoxy) is 1. The van der Waals surface area contributed by atoms with Crippen molar-refractivity contribution in [3.8, 4) is 0 Å². The van der Waals surface area contributed by atoms with Gasteiger partial charge in [-0.2, -0.15) is 0 Å². The van der Waals surface area contributed by atoms with Gasteiger partial charge in [-0.1, -0.05) is 30.3 Å². The van der Waals surface area contributed by atoms with Crippen LogP contribution in [-0.4, -0.2) is 24.5 Å². The Morgan fingerprint density at radius 1 is 1.21 bits per heavy atom. The van der Waals surface area contributed by atoms with E-state index < -0.39 is 5.97 Å². The van der Waals surface area contributed by atoms with Gasteiger partial charge in [0.1, 0.15) is 17.1 Å². The van der Waals surface area contributed by atoms with Gasteiger partial charge in [0.05, 0.1) is 0 Å². The minimum Gasteiger partial charge on any atom is -0.466 e. The van der Waals surface area contributed by atoms with Crippen molar-refractivity contribution < 1.29 is 18.7 Å². The number of rotatable bonds is 7. The number of esters is 1. The van der Waals surface area contributed by atoms with Gasteiger partial charge >= 0.3 is 5.97 Å². The second-order valence-corrected chi connectivity index (χ2v) is 5.90. The van der Waals surface area contributed by atoms with E-state index in [1.54, 1.807) is 19.9 Å². The van der Waals surface area contributed by atoms with Gasteiger partial charge in [-0.25, -0.2) is 4.79 Å². The second kappa shape index (κ2) is 8.34. The smallest absolute Gasteiger partial charge is 0.342 e. The number of hydrogen-bond acceptors (Lipinski definition) is 4. The molecule has 1 amide bonds. The fraction of sp³-hybridized carbons (Fsp3) is 0.368. The lowest BCUT2D eigenvalue weighted by Crippen LogP contribution is -2.36. The predicted octanol–water partition coefficient (Wildman–Crippen LogP) is 3.19. The number of furan rings is 1. The standard InChI is InChI=1S/C19H23NO4/c1-13(9-10-16-7-5-4-6-8-16)20-18(21)12-23-19(22)17-11-14(2)24-15(17)3/h4-8,11,13H,9-10,12H2,1-3H3,(H,20,21)/t13-/m1/s1. The third kappa shape index (κ3) is 5.26. The Hall–Kier alpha value is -2.56. The maximum Gasteiger partial charge on any atom is 0.342 e. The highest BCUT2D eigenvalue weighted by molar-refractivity contribution is 5.92. The van der Waals surface area contributed by atoms with Crippen molar-refractivity contribution in [3.63, 3.8) is 0 Å². The van der Waals surface area contributed by atoms with Crippen LogP contribution in [0.25, 0.3) is 0 Å². The lowest BCUT2D eigenvalue weighted by atomic mass is 10.1. The fourth-order valence-corrected chi connectivity index (χ4v) is 2.46. The minimum absolute atomic E-state index is 0.00862. The number of amides is 1. The van der Waals surface area contributed by atoms with Crippen LogP contribution in [-0.2, 0) is 16.0 Å². The molecule has 5 nitrogen and oxygen atoms in total. The van der Waals surface area contributed by atoms with Crippen LogP contribution in [0.4, 0.5) is 0 Å². The molecule has 0 unspecified atom stereocenters. The summed E-state index contributed by atoms with van der Waals surface area (Å²) in [5.74, 6) is 0.283. The summed E-state index contributed by atoms with van der Waals surface area (Å²) < 4.78 is 10.3. The topological polar surface area (TPSA) is 68.5 Å². The second-order valence-electron chi connectivity index (χ2n) is 5.90. The summed E-state index contributed by atoms with van der Waals surface area (Å²) in [6, 6.07) is 11.7. The van der Waals surface area contributed by atoms with Gasteiger partial charge in [-0.15, -0.1) is 0 Å². The summed E-state index contributed by atoms with van der Waals surface area (Å²) in [4.78, 5) is 23.8. The van der Waals surface area contributed by atoms with E-state index in [-0.39, 0.29) is 18.6 Å². The number of carbonyl (C=O) groups is 2. The lowest BCUT2D eigenvalue weighted by molar-refractivity contribution is -0.124. The average molecular weight is 329 g/mol. The number of carbonyl (C=O) groups excluding carboxylic acids is 2. The highest BCUT2D eigenvalue weighted by atomic mass is 16.5. The number of hydrogen-bond donors (Lipinski definition) is 1. The zero-order valence-corrected chi connectivity index (χ0v) is 14.3. The normalized spacial score (nSPS) is 11.8. The van der Waals surface area contributed by atoms with Crippen molar-refractivity contribution in [2.75, 3.05) is 6.61 Å². The Morgan fingerprint density at radius 2 is 1.92 bits per heavy atom. The predicted molar refractivity (Wildman–Crippen MR) is 90.8 cm³/mol. The van der Waals surface area contributed by atoms with Gasteiger partial charge in [-0.05, 0) is 45.2 Å². The Morgan fingerprint density at radius 3 is 2.54 bits per heavy atom. The zero-order chi connectivity index (χ0) is 17.5. The van der Waals surface area contributed by atoms with Crippen molar-refractivity contribution >= 4 is 11.9 Å². The van der Waals surface area contributed by atoms with E-state index in [1.165, 1.54) is 5.56 Å². The molecular formula is C19H23NO4. The van der Waals surface area contributed by atoms with Crippen LogP contribution in [0, 0.1) is 13.8 Å². The Labute approximate surface area is 142 Å². The maximum atomic E-state index is 11.9. The van der Waals surface area contributed by atoms with Gasteiger partial charge in [0.25, 0.3) is 5.91 Å². The van der Waals surface area contributed by atoms with Crippen LogP contribution in [0.3, 0.4) is 0 Å². The molecule has 0 spiro atoms. The molecule has 0 saturated carbocycles. The quantitative estimate of drug-likeness (QED) is 0.792. The molecule has 5 heteroatoms. The van der Waals surface area contributed by atoms with Crippen LogP contribution < -0.4 is 5.32 Å². The monoisotopic (exact) mass is 329 g/mol. The van der Waals surface area contributed by atoms with Gasteiger partial charge in [0.2, 0.25) is 0 Å². The third-order valence-corrected chi connectivity index (χ3v) is 3.71. The molecule has 1 aromatic heterocycles. The SMILES string of the molecule is Cc1cc(C(=O)OCC(=O)N[C@H](C)CCc2ccccc2)c(C)o1. The first-order valence-corrected chi connectivity index (χ1v) is 8.03. The molecule has 1 aromatic carbocycles. The van der Waals surface area contributed by atoms with Crippen LogP contribution in [0.15, 0.2) is 40.8 Å². The maximum absolute atomic E-state index is 11.9. The highest BCUT2D eigenvalue weighted by Gasteiger charge is 2.17. The summed E-state index contributed by atoms with van der Waals surface area (Å²) in [5, 5.41) is 2.84.